The Bertz CT molecular complexity index is 998. The van der Waals surface area contributed by atoms with Crippen LogP contribution in [0.25, 0.3) is 0 Å². The first-order valence-electron chi connectivity index (χ1n) is 30.5. The number of hydrogen-bond donors (Lipinski definition) is 0. The van der Waals surface area contributed by atoms with Gasteiger partial charge < -0.3 is 14.2 Å². The molecule has 0 saturated heterocycles. The molecule has 0 aromatic rings. The number of hydrogen-bond acceptors (Lipinski definition) is 6. The SMILES string of the molecule is CCCCCCCCCCCCCCCCCCCCCCCCCCCCC(=O)OCC(COC(=O)CCCCCCCCC)OC(=O)CCCCCCCCCCCCCCCCCC. The van der Waals surface area contributed by atoms with E-state index in [1.807, 2.05) is 0 Å². The molecule has 0 spiro atoms. The van der Waals surface area contributed by atoms with Crippen molar-refractivity contribution < 1.29 is 28.6 Å². The lowest BCUT2D eigenvalue weighted by atomic mass is 10.0. The first-order chi connectivity index (χ1) is 33.0. The summed E-state index contributed by atoms with van der Waals surface area (Å²) in [7, 11) is 0. The van der Waals surface area contributed by atoms with Gasteiger partial charge in [-0.05, 0) is 19.3 Å². The Hall–Kier alpha value is -1.59. The molecule has 6 nitrogen and oxygen atoms in total. The van der Waals surface area contributed by atoms with Gasteiger partial charge in [-0.15, -0.1) is 0 Å². The molecule has 0 aromatic heterocycles. The van der Waals surface area contributed by atoms with Crippen LogP contribution < -0.4 is 0 Å². The average Bonchev–Trinajstić information content (AvgIpc) is 3.33. The maximum absolute atomic E-state index is 12.8. The van der Waals surface area contributed by atoms with Gasteiger partial charge in [0.05, 0.1) is 0 Å². The van der Waals surface area contributed by atoms with Gasteiger partial charge in [-0.3, -0.25) is 14.4 Å². The zero-order valence-corrected chi connectivity index (χ0v) is 45.7. The van der Waals surface area contributed by atoms with Crippen molar-refractivity contribution in [1.29, 1.82) is 0 Å². The number of ether oxygens (including phenoxy) is 3. The van der Waals surface area contributed by atoms with E-state index in [4.69, 9.17) is 14.2 Å². The molecule has 0 N–H and O–H groups in total. The first kappa shape index (κ1) is 65.4. The Kier molecular flexibility index (Phi) is 55.6. The number of esters is 3. The second kappa shape index (κ2) is 57.0. The number of unbranched alkanes of at least 4 members (excludes halogenated alkanes) is 46. The monoisotopic (exact) mass is 947 g/mol. The van der Waals surface area contributed by atoms with Gasteiger partial charge in [0.1, 0.15) is 13.2 Å². The highest BCUT2D eigenvalue weighted by Gasteiger charge is 2.19. The minimum absolute atomic E-state index is 0.0618. The summed E-state index contributed by atoms with van der Waals surface area (Å²) in [6.45, 7) is 6.67. The van der Waals surface area contributed by atoms with Crippen molar-refractivity contribution in [3.05, 3.63) is 0 Å². The molecule has 0 aliphatic heterocycles. The van der Waals surface area contributed by atoms with Gasteiger partial charge in [0.25, 0.3) is 0 Å². The first-order valence-corrected chi connectivity index (χ1v) is 30.5. The van der Waals surface area contributed by atoms with Crippen molar-refractivity contribution in [3.8, 4) is 0 Å². The summed E-state index contributed by atoms with van der Waals surface area (Å²) in [5.74, 6) is -0.841. The molecule has 0 rings (SSSR count). The van der Waals surface area contributed by atoms with Crippen LogP contribution >= 0.6 is 0 Å². The van der Waals surface area contributed by atoms with Gasteiger partial charge in [-0.25, -0.2) is 0 Å². The van der Waals surface area contributed by atoms with Gasteiger partial charge in [-0.1, -0.05) is 316 Å². The molecular weight excluding hydrogens is 829 g/mol. The summed E-state index contributed by atoms with van der Waals surface area (Å²) in [5.41, 5.74) is 0. The lowest BCUT2D eigenvalue weighted by Crippen LogP contribution is -2.30. The van der Waals surface area contributed by atoms with Crippen molar-refractivity contribution in [1.82, 2.24) is 0 Å². The molecule has 0 saturated carbocycles. The molecule has 6 heteroatoms. The van der Waals surface area contributed by atoms with E-state index < -0.39 is 6.10 Å². The molecule has 0 fully saturated rings. The van der Waals surface area contributed by atoms with Crippen LogP contribution in [0.1, 0.15) is 355 Å². The second-order valence-corrected chi connectivity index (χ2v) is 21.0. The van der Waals surface area contributed by atoms with E-state index >= 15 is 0 Å². The van der Waals surface area contributed by atoms with E-state index in [1.54, 1.807) is 0 Å². The van der Waals surface area contributed by atoms with Crippen LogP contribution in [-0.4, -0.2) is 37.2 Å². The zero-order chi connectivity index (χ0) is 48.6. The highest BCUT2D eigenvalue weighted by atomic mass is 16.6. The highest BCUT2D eigenvalue weighted by Crippen LogP contribution is 2.18. The Labute approximate surface area is 418 Å². The number of rotatable bonds is 57. The van der Waals surface area contributed by atoms with Crippen LogP contribution in [0.3, 0.4) is 0 Å². The van der Waals surface area contributed by atoms with Gasteiger partial charge in [0.15, 0.2) is 6.10 Å². The molecule has 1 unspecified atom stereocenters. The van der Waals surface area contributed by atoms with E-state index in [-0.39, 0.29) is 31.1 Å². The maximum atomic E-state index is 12.8. The fourth-order valence-corrected chi connectivity index (χ4v) is 9.51. The molecule has 0 aliphatic rings. The average molecular weight is 948 g/mol. The molecule has 0 radical (unpaired) electrons. The van der Waals surface area contributed by atoms with Gasteiger partial charge in [-0.2, -0.15) is 0 Å². The Morgan fingerprint density at radius 3 is 0.597 bits per heavy atom. The van der Waals surface area contributed by atoms with Crippen LogP contribution in [0, 0.1) is 0 Å². The third kappa shape index (κ3) is 55.2. The quantitative estimate of drug-likeness (QED) is 0.0343. The minimum atomic E-state index is -0.760. The third-order valence-electron chi connectivity index (χ3n) is 14.1. The normalized spacial score (nSPS) is 11.9. The van der Waals surface area contributed by atoms with Crippen LogP contribution in [0.15, 0.2) is 0 Å². The highest BCUT2D eigenvalue weighted by molar-refractivity contribution is 5.71. The van der Waals surface area contributed by atoms with Crippen molar-refractivity contribution in [2.45, 2.75) is 361 Å². The molecule has 0 bridgehead atoms. The van der Waals surface area contributed by atoms with Crippen molar-refractivity contribution in [2.24, 2.45) is 0 Å². The van der Waals surface area contributed by atoms with E-state index in [9.17, 15) is 14.4 Å². The third-order valence-corrected chi connectivity index (χ3v) is 14.1. The molecule has 0 amide bonds. The van der Waals surface area contributed by atoms with Gasteiger partial charge in [0, 0.05) is 19.3 Å². The second-order valence-electron chi connectivity index (χ2n) is 21.0. The van der Waals surface area contributed by atoms with E-state index in [1.165, 1.54) is 257 Å². The number of carbonyl (C=O) groups excluding carboxylic acids is 3. The fourth-order valence-electron chi connectivity index (χ4n) is 9.51. The Balaban J connectivity index is 4.03. The summed E-state index contributed by atoms with van der Waals surface area (Å²) in [4.78, 5) is 38.0. The lowest BCUT2D eigenvalue weighted by molar-refractivity contribution is -0.167. The van der Waals surface area contributed by atoms with Crippen molar-refractivity contribution >= 4 is 17.9 Å². The largest absolute Gasteiger partial charge is 0.462 e. The molecule has 67 heavy (non-hydrogen) atoms. The van der Waals surface area contributed by atoms with E-state index in [2.05, 4.69) is 20.8 Å². The van der Waals surface area contributed by atoms with Crippen molar-refractivity contribution in [3.63, 3.8) is 0 Å². The topological polar surface area (TPSA) is 78.9 Å². The summed E-state index contributed by atoms with van der Waals surface area (Å²) in [6, 6.07) is 0. The van der Waals surface area contributed by atoms with Crippen molar-refractivity contribution in [2.75, 3.05) is 13.2 Å². The Morgan fingerprint density at radius 2 is 0.403 bits per heavy atom. The van der Waals surface area contributed by atoms with Gasteiger partial charge >= 0.3 is 17.9 Å². The van der Waals surface area contributed by atoms with Crippen LogP contribution in [0.4, 0.5) is 0 Å². The molecule has 0 aliphatic carbocycles. The molecule has 0 aromatic carbocycles. The predicted octanol–water partition coefficient (Wildman–Crippen LogP) is 20.3. The summed E-state index contributed by atoms with van der Waals surface area (Å²) in [5, 5.41) is 0. The minimum Gasteiger partial charge on any atom is -0.462 e. The van der Waals surface area contributed by atoms with Crippen LogP contribution in [0.2, 0.25) is 0 Å². The van der Waals surface area contributed by atoms with E-state index in [0.29, 0.717) is 19.3 Å². The van der Waals surface area contributed by atoms with Crippen LogP contribution in [-0.2, 0) is 28.6 Å². The zero-order valence-electron chi connectivity index (χ0n) is 45.7. The summed E-state index contributed by atoms with van der Waals surface area (Å²) >= 11 is 0. The predicted molar refractivity (Wildman–Crippen MR) is 289 cm³/mol. The Morgan fingerprint density at radius 1 is 0.239 bits per heavy atom. The summed E-state index contributed by atoms with van der Waals surface area (Å²) < 4.78 is 16.8. The molecule has 0 heterocycles. The molecular formula is C61H118O6. The smallest absolute Gasteiger partial charge is 0.306 e. The lowest BCUT2D eigenvalue weighted by Gasteiger charge is -2.18. The van der Waals surface area contributed by atoms with Crippen LogP contribution in [0.5, 0.6) is 0 Å². The standard InChI is InChI=1S/C61H118O6/c1-4-7-10-13-16-18-20-22-24-26-27-28-29-30-31-32-33-34-35-37-38-40-42-45-48-51-54-60(63)66-57-58(56-65-59(62)53-50-47-44-15-12-9-6-3)67-61(64)55-52-49-46-43-41-39-36-25-23-21-19-17-14-11-8-5-2/h58H,4-57H2,1-3H3. The molecule has 398 valence electrons. The number of carbonyl (C=O) groups is 3. The van der Waals surface area contributed by atoms with Gasteiger partial charge in [0.2, 0.25) is 0 Å². The fraction of sp³-hybridized carbons (Fsp3) is 0.951. The maximum Gasteiger partial charge on any atom is 0.306 e. The molecule has 1 atom stereocenters. The summed E-state index contributed by atoms with van der Waals surface area (Å²) in [6.07, 6.45) is 64.2. The van der Waals surface area contributed by atoms with E-state index in [0.717, 1.165) is 57.8 Å².